The number of amides is 2. The number of carbonyl (C=O) groups excluding carboxylic acids is 2. The fourth-order valence-corrected chi connectivity index (χ4v) is 4.16. The first-order valence-corrected chi connectivity index (χ1v) is 11.3. The molecule has 0 radical (unpaired) electrons. The molecule has 1 saturated heterocycles. The molecule has 1 aromatic heterocycles. The van der Waals surface area contributed by atoms with Gasteiger partial charge in [-0.05, 0) is 67.4 Å². The molecule has 0 spiro atoms. The zero-order valence-electron chi connectivity index (χ0n) is 19.2. The highest BCUT2D eigenvalue weighted by Gasteiger charge is 2.25. The van der Waals surface area contributed by atoms with Gasteiger partial charge < -0.3 is 24.6 Å². The summed E-state index contributed by atoms with van der Waals surface area (Å²) < 4.78 is 10.7. The first-order valence-electron chi connectivity index (χ1n) is 11.3. The number of ether oxygens (including phenoxy) is 2. The van der Waals surface area contributed by atoms with Gasteiger partial charge in [0, 0.05) is 43.5 Å². The highest BCUT2D eigenvalue weighted by Crippen LogP contribution is 2.33. The summed E-state index contributed by atoms with van der Waals surface area (Å²) in [5, 5.41) is 2.97. The first kappa shape index (κ1) is 21.8. The van der Waals surface area contributed by atoms with E-state index in [4.69, 9.17) is 9.47 Å². The van der Waals surface area contributed by atoms with Gasteiger partial charge in [0.15, 0.2) is 17.3 Å². The molecule has 2 amide bonds. The van der Waals surface area contributed by atoms with Crippen LogP contribution >= 0.6 is 0 Å². The molecule has 0 bridgehead atoms. The Hall–Kier alpha value is -4.07. The lowest BCUT2D eigenvalue weighted by atomic mass is 10.1. The van der Waals surface area contributed by atoms with Gasteiger partial charge in [-0.1, -0.05) is 6.07 Å². The van der Waals surface area contributed by atoms with Crippen molar-refractivity contribution in [3.05, 3.63) is 77.0 Å². The van der Waals surface area contributed by atoms with Crippen molar-refractivity contribution in [3.8, 4) is 11.5 Å². The van der Waals surface area contributed by atoms with Gasteiger partial charge >= 0.3 is 0 Å². The first-order chi connectivity index (χ1) is 16.5. The van der Waals surface area contributed by atoms with Crippen LogP contribution in [0.25, 0.3) is 0 Å². The van der Waals surface area contributed by atoms with Gasteiger partial charge in [0.1, 0.15) is 0 Å². The molecule has 3 heterocycles. The molecule has 0 aliphatic carbocycles. The van der Waals surface area contributed by atoms with Crippen LogP contribution < -0.4 is 19.7 Å². The average Bonchev–Trinajstić information content (AvgIpc) is 3.34. The number of aryl methyl sites for hydroxylation is 2. The molecule has 0 atom stereocenters. The van der Waals surface area contributed by atoms with E-state index in [2.05, 4.69) is 15.2 Å². The minimum Gasteiger partial charge on any atom is -0.454 e. The summed E-state index contributed by atoms with van der Waals surface area (Å²) in [6, 6.07) is 14.6. The molecule has 2 aromatic carbocycles. The second kappa shape index (κ2) is 9.05. The van der Waals surface area contributed by atoms with Crippen molar-refractivity contribution in [2.75, 3.05) is 43.2 Å². The summed E-state index contributed by atoms with van der Waals surface area (Å²) in [6.45, 7) is 6.63. The van der Waals surface area contributed by atoms with Gasteiger partial charge in [-0.3, -0.25) is 9.59 Å². The van der Waals surface area contributed by atoms with Crippen molar-refractivity contribution in [2.45, 2.75) is 13.8 Å². The minimum atomic E-state index is -0.254. The van der Waals surface area contributed by atoms with Crippen LogP contribution in [0.2, 0.25) is 0 Å². The number of benzene rings is 2. The van der Waals surface area contributed by atoms with Crippen LogP contribution in [0.1, 0.15) is 31.8 Å². The normalized spacial score (nSPS) is 14.8. The molecule has 8 nitrogen and oxygen atoms in total. The third kappa shape index (κ3) is 4.26. The van der Waals surface area contributed by atoms with Crippen LogP contribution in [0.5, 0.6) is 11.5 Å². The number of anilines is 2. The monoisotopic (exact) mass is 458 g/mol. The predicted molar refractivity (Wildman–Crippen MR) is 129 cm³/mol. The molecule has 1 N–H and O–H groups in total. The molecule has 8 heteroatoms. The van der Waals surface area contributed by atoms with Crippen LogP contribution in [0.4, 0.5) is 11.5 Å². The Kier molecular flexibility index (Phi) is 5.79. The fourth-order valence-electron chi connectivity index (χ4n) is 4.16. The summed E-state index contributed by atoms with van der Waals surface area (Å²) in [5.74, 6) is 1.67. The van der Waals surface area contributed by atoms with Crippen LogP contribution in [0.3, 0.4) is 0 Å². The van der Waals surface area contributed by atoms with E-state index in [0.717, 1.165) is 5.56 Å². The lowest BCUT2D eigenvalue weighted by Crippen LogP contribution is -2.49. The number of hydrogen-bond donors (Lipinski definition) is 1. The standard InChI is InChI=1S/C26H26N4O4/c1-17-5-6-20(14-18(17)2)26(32)30-12-10-29(11-13-30)24-21(4-3-9-27-24)28-25(31)19-7-8-22-23(15-19)34-16-33-22/h3-9,14-15H,10-13,16H2,1-2H3,(H,28,31). The van der Waals surface area contributed by atoms with Gasteiger partial charge in [0.2, 0.25) is 6.79 Å². The van der Waals surface area contributed by atoms with E-state index in [-0.39, 0.29) is 18.6 Å². The highest BCUT2D eigenvalue weighted by atomic mass is 16.7. The Morgan fingerprint density at radius 3 is 2.44 bits per heavy atom. The maximum Gasteiger partial charge on any atom is 0.255 e. The Bertz CT molecular complexity index is 1250. The van der Waals surface area contributed by atoms with E-state index in [1.807, 2.05) is 43.0 Å². The van der Waals surface area contributed by atoms with Crippen LogP contribution in [0.15, 0.2) is 54.7 Å². The topological polar surface area (TPSA) is 84.0 Å². The Morgan fingerprint density at radius 1 is 0.882 bits per heavy atom. The maximum absolute atomic E-state index is 13.0. The zero-order valence-corrected chi connectivity index (χ0v) is 19.2. The summed E-state index contributed by atoms with van der Waals surface area (Å²) in [6.07, 6.45) is 1.71. The zero-order chi connectivity index (χ0) is 23.7. The molecule has 2 aliphatic heterocycles. The number of fused-ring (bicyclic) bond motifs is 1. The van der Waals surface area contributed by atoms with Crippen molar-refractivity contribution >= 4 is 23.3 Å². The van der Waals surface area contributed by atoms with E-state index in [9.17, 15) is 9.59 Å². The largest absolute Gasteiger partial charge is 0.454 e. The second-order valence-corrected chi connectivity index (χ2v) is 8.48. The maximum atomic E-state index is 13.0. The third-order valence-corrected chi connectivity index (χ3v) is 6.29. The van der Waals surface area contributed by atoms with Gasteiger partial charge in [0.25, 0.3) is 11.8 Å². The van der Waals surface area contributed by atoms with Crippen molar-refractivity contribution in [1.82, 2.24) is 9.88 Å². The van der Waals surface area contributed by atoms with E-state index < -0.39 is 0 Å². The van der Waals surface area contributed by atoms with Crippen LogP contribution in [-0.4, -0.2) is 54.7 Å². The molecular weight excluding hydrogens is 432 g/mol. The van der Waals surface area contributed by atoms with Crippen molar-refractivity contribution in [3.63, 3.8) is 0 Å². The predicted octanol–water partition coefficient (Wildman–Crippen LogP) is 3.64. The molecule has 174 valence electrons. The quantitative estimate of drug-likeness (QED) is 0.643. The summed E-state index contributed by atoms with van der Waals surface area (Å²) in [4.78, 5) is 34.3. The van der Waals surface area contributed by atoms with E-state index >= 15 is 0 Å². The Morgan fingerprint density at radius 2 is 1.65 bits per heavy atom. The molecule has 1 fully saturated rings. The number of carbonyl (C=O) groups is 2. The fraction of sp³-hybridized carbons (Fsp3) is 0.269. The van der Waals surface area contributed by atoms with E-state index in [1.165, 1.54) is 5.56 Å². The molecular formula is C26H26N4O4. The lowest BCUT2D eigenvalue weighted by molar-refractivity contribution is 0.0746. The van der Waals surface area contributed by atoms with Crippen molar-refractivity contribution < 1.29 is 19.1 Å². The summed E-state index contributed by atoms with van der Waals surface area (Å²) in [7, 11) is 0. The molecule has 2 aliphatic rings. The third-order valence-electron chi connectivity index (χ3n) is 6.29. The lowest BCUT2D eigenvalue weighted by Gasteiger charge is -2.36. The number of piperazine rings is 1. The summed E-state index contributed by atoms with van der Waals surface area (Å²) >= 11 is 0. The summed E-state index contributed by atoms with van der Waals surface area (Å²) in [5.41, 5.74) is 4.10. The molecule has 5 rings (SSSR count). The Labute approximate surface area is 198 Å². The molecule has 34 heavy (non-hydrogen) atoms. The van der Waals surface area contributed by atoms with E-state index in [1.54, 1.807) is 30.5 Å². The molecule has 0 unspecified atom stereocenters. The number of hydrogen-bond acceptors (Lipinski definition) is 6. The van der Waals surface area contributed by atoms with Crippen LogP contribution in [-0.2, 0) is 0 Å². The SMILES string of the molecule is Cc1ccc(C(=O)N2CCN(c3ncccc3NC(=O)c3ccc4c(c3)OCO4)CC2)cc1C. The van der Waals surface area contributed by atoms with Crippen LogP contribution in [0, 0.1) is 13.8 Å². The van der Waals surface area contributed by atoms with Gasteiger partial charge in [-0.2, -0.15) is 0 Å². The molecule has 3 aromatic rings. The average molecular weight is 459 g/mol. The van der Waals surface area contributed by atoms with E-state index in [0.29, 0.717) is 60.3 Å². The number of nitrogens with one attached hydrogen (secondary N) is 1. The van der Waals surface area contributed by atoms with Gasteiger partial charge in [-0.25, -0.2) is 4.98 Å². The molecule has 0 saturated carbocycles. The number of rotatable bonds is 4. The van der Waals surface area contributed by atoms with Crippen molar-refractivity contribution in [1.29, 1.82) is 0 Å². The highest BCUT2D eigenvalue weighted by molar-refractivity contribution is 6.06. The minimum absolute atomic E-state index is 0.0418. The number of aromatic nitrogens is 1. The number of pyridine rings is 1. The Balaban J connectivity index is 1.26. The van der Waals surface area contributed by atoms with Gasteiger partial charge in [0.05, 0.1) is 5.69 Å². The van der Waals surface area contributed by atoms with Gasteiger partial charge in [-0.15, -0.1) is 0 Å². The second-order valence-electron chi connectivity index (χ2n) is 8.48. The smallest absolute Gasteiger partial charge is 0.255 e. The van der Waals surface area contributed by atoms with Crippen molar-refractivity contribution in [2.24, 2.45) is 0 Å². The number of nitrogens with zero attached hydrogens (tertiary/aromatic N) is 3.